The number of halogens is 3. The van der Waals surface area contributed by atoms with Crippen molar-refractivity contribution in [1.82, 2.24) is 24.9 Å². The standard InChI is InChI=1S/C28H26F3N7OS/c1-37(12-11-28(29,30)31)22-9-10-23-25(14-22)40-27(33-23)34-26(39)21-4-2-3-19(13-21)16-38-17-24(35-36-38)20-7-5-18(15-32)6-8-20/h2-8,13,17,22H,9-12,14,16H2,1H3,(H,33,34,39)/t22-/m0/s1. The van der Waals surface area contributed by atoms with Gasteiger partial charge in [-0.2, -0.15) is 18.4 Å². The lowest BCUT2D eigenvalue weighted by molar-refractivity contribution is -0.138. The maximum atomic E-state index is 13.0. The zero-order valence-corrected chi connectivity index (χ0v) is 22.5. The SMILES string of the molecule is CN(CCC(F)(F)F)[C@H]1CCc2nc(NC(=O)c3cccc(Cn4cc(-c5ccc(C#N)cc5)nn4)c3)sc2C1. The number of aromatic nitrogens is 4. The molecule has 0 bridgehead atoms. The fraction of sp³-hybridized carbons (Fsp3) is 0.321. The van der Waals surface area contributed by atoms with E-state index in [2.05, 4.69) is 26.7 Å². The van der Waals surface area contributed by atoms with Gasteiger partial charge in [0.15, 0.2) is 5.13 Å². The minimum absolute atomic E-state index is 0.0183. The second kappa shape index (κ2) is 11.6. The molecule has 0 radical (unpaired) electrons. The largest absolute Gasteiger partial charge is 0.390 e. The summed E-state index contributed by atoms with van der Waals surface area (Å²) in [6.45, 7) is 0.382. The number of alkyl halides is 3. The molecule has 12 heteroatoms. The predicted octanol–water partition coefficient (Wildman–Crippen LogP) is 5.32. The summed E-state index contributed by atoms with van der Waals surface area (Å²) in [5.41, 5.74) is 4.35. The van der Waals surface area contributed by atoms with Crippen LogP contribution in [0.25, 0.3) is 11.3 Å². The van der Waals surface area contributed by atoms with Gasteiger partial charge in [0.1, 0.15) is 5.69 Å². The van der Waals surface area contributed by atoms with Crippen molar-refractivity contribution in [3.05, 3.63) is 82.0 Å². The number of carbonyl (C=O) groups is 1. The number of nitriles is 1. The van der Waals surface area contributed by atoms with Crippen LogP contribution in [0.5, 0.6) is 0 Å². The molecule has 0 saturated carbocycles. The third kappa shape index (κ3) is 6.73. The molecule has 40 heavy (non-hydrogen) atoms. The average Bonchev–Trinajstić information content (AvgIpc) is 3.57. The van der Waals surface area contributed by atoms with E-state index in [1.54, 1.807) is 47.0 Å². The number of aryl methyl sites for hydroxylation is 1. The van der Waals surface area contributed by atoms with Crippen molar-refractivity contribution >= 4 is 22.4 Å². The van der Waals surface area contributed by atoms with Crippen molar-refractivity contribution in [1.29, 1.82) is 5.26 Å². The van der Waals surface area contributed by atoms with Crippen LogP contribution in [0.4, 0.5) is 18.3 Å². The Balaban J connectivity index is 1.20. The van der Waals surface area contributed by atoms with Crippen LogP contribution in [-0.2, 0) is 19.4 Å². The first-order chi connectivity index (χ1) is 19.2. The number of thiazole rings is 1. The molecule has 206 valence electrons. The summed E-state index contributed by atoms with van der Waals surface area (Å²) in [7, 11) is 1.73. The fourth-order valence-corrected chi connectivity index (χ4v) is 5.74. The molecule has 2 aromatic carbocycles. The highest BCUT2D eigenvalue weighted by molar-refractivity contribution is 7.15. The van der Waals surface area contributed by atoms with E-state index in [0.717, 1.165) is 28.1 Å². The molecule has 1 aliphatic carbocycles. The number of likely N-dealkylation sites (N-methyl/N-ethyl adjacent to an activating group) is 1. The Morgan fingerprint density at radius 1 is 1.25 bits per heavy atom. The highest BCUT2D eigenvalue weighted by atomic mass is 32.1. The highest BCUT2D eigenvalue weighted by Crippen LogP contribution is 2.32. The van der Waals surface area contributed by atoms with Crippen LogP contribution in [0.1, 0.15) is 44.9 Å². The van der Waals surface area contributed by atoms with Crippen LogP contribution in [-0.4, -0.2) is 56.6 Å². The number of fused-ring (bicyclic) bond motifs is 1. The van der Waals surface area contributed by atoms with E-state index in [-0.39, 0.29) is 18.5 Å². The summed E-state index contributed by atoms with van der Waals surface area (Å²) in [5, 5.41) is 20.7. The molecular formula is C28H26F3N7OS. The lowest BCUT2D eigenvalue weighted by Crippen LogP contribution is -2.38. The van der Waals surface area contributed by atoms with Gasteiger partial charge in [-0.25, -0.2) is 9.67 Å². The summed E-state index contributed by atoms with van der Waals surface area (Å²) in [4.78, 5) is 20.4. The maximum Gasteiger partial charge on any atom is 0.390 e. The van der Waals surface area contributed by atoms with E-state index in [0.29, 0.717) is 41.3 Å². The van der Waals surface area contributed by atoms with Gasteiger partial charge < -0.3 is 4.90 Å². The molecule has 4 aromatic rings. The Kier molecular flexibility index (Phi) is 7.95. The summed E-state index contributed by atoms with van der Waals surface area (Å²) in [6.07, 6.45) is -1.17. The molecule has 1 amide bonds. The molecule has 8 nitrogen and oxygen atoms in total. The Labute approximate surface area is 233 Å². The Morgan fingerprint density at radius 3 is 2.80 bits per heavy atom. The van der Waals surface area contributed by atoms with E-state index < -0.39 is 12.6 Å². The summed E-state index contributed by atoms with van der Waals surface area (Å²) in [5.74, 6) is -0.288. The Bertz CT molecular complexity index is 1540. The normalized spacial score (nSPS) is 15.1. The number of hydrogen-bond acceptors (Lipinski definition) is 7. The van der Waals surface area contributed by atoms with Gasteiger partial charge in [-0.05, 0) is 56.1 Å². The van der Waals surface area contributed by atoms with Crippen LogP contribution in [0.2, 0.25) is 0 Å². The lowest BCUT2D eigenvalue weighted by Gasteiger charge is -2.30. The fourth-order valence-electron chi connectivity index (χ4n) is 4.66. The van der Waals surface area contributed by atoms with Crippen LogP contribution in [0.3, 0.4) is 0 Å². The number of amides is 1. The molecule has 0 aliphatic heterocycles. The van der Waals surface area contributed by atoms with E-state index in [9.17, 15) is 18.0 Å². The molecule has 2 aromatic heterocycles. The van der Waals surface area contributed by atoms with E-state index in [1.807, 2.05) is 24.4 Å². The third-order valence-electron chi connectivity index (χ3n) is 6.89. The summed E-state index contributed by atoms with van der Waals surface area (Å²) < 4.78 is 39.5. The number of carbonyl (C=O) groups excluding carboxylic acids is 1. The first-order valence-electron chi connectivity index (χ1n) is 12.7. The van der Waals surface area contributed by atoms with Crippen molar-refractivity contribution in [3.63, 3.8) is 0 Å². The van der Waals surface area contributed by atoms with E-state index in [1.165, 1.54) is 11.3 Å². The van der Waals surface area contributed by atoms with Gasteiger partial charge >= 0.3 is 6.18 Å². The zero-order chi connectivity index (χ0) is 28.3. The molecular weight excluding hydrogens is 539 g/mol. The first kappa shape index (κ1) is 27.5. The second-order valence-corrected chi connectivity index (χ2v) is 10.9. The molecule has 1 atom stereocenters. The van der Waals surface area contributed by atoms with Crippen molar-refractivity contribution in [2.45, 2.75) is 44.4 Å². The molecule has 0 unspecified atom stereocenters. The number of nitrogens with zero attached hydrogens (tertiary/aromatic N) is 6. The van der Waals surface area contributed by atoms with Crippen LogP contribution in [0.15, 0.2) is 54.7 Å². The topological polar surface area (TPSA) is 99.7 Å². The highest BCUT2D eigenvalue weighted by Gasteiger charge is 2.30. The average molecular weight is 566 g/mol. The van der Waals surface area contributed by atoms with Gasteiger partial charge in [-0.1, -0.05) is 29.5 Å². The maximum absolute atomic E-state index is 13.0. The third-order valence-corrected chi connectivity index (χ3v) is 7.92. The number of anilines is 1. The summed E-state index contributed by atoms with van der Waals surface area (Å²) in [6, 6.07) is 16.4. The number of hydrogen-bond donors (Lipinski definition) is 1. The molecule has 5 rings (SSSR count). The first-order valence-corrected chi connectivity index (χ1v) is 13.5. The van der Waals surface area contributed by atoms with Gasteiger partial charge in [-0.3, -0.25) is 10.1 Å². The molecule has 0 fully saturated rings. The van der Waals surface area contributed by atoms with E-state index >= 15 is 0 Å². The number of benzene rings is 2. The summed E-state index contributed by atoms with van der Waals surface area (Å²) >= 11 is 1.38. The van der Waals surface area contributed by atoms with Crippen LogP contribution < -0.4 is 5.32 Å². The minimum atomic E-state index is -4.17. The van der Waals surface area contributed by atoms with Gasteiger partial charge in [0.2, 0.25) is 0 Å². The van der Waals surface area contributed by atoms with Crippen molar-refractivity contribution in [2.24, 2.45) is 0 Å². The quantitative estimate of drug-likeness (QED) is 0.311. The minimum Gasteiger partial charge on any atom is -0.303 e. The van der Waals surface area contributed by atoms with Gasteiger partial charge in [-0.15, -0.1) is 16.4 Å². The van der Waals surface area contributed by atoms with Gasteiger partial charge in [0.25, 0.3) is 5.91 Å². The smallest absolute Gasteiger partial charge is 0.303 e. The monoisotopic (exact) mass is 565 g/mol. The Hall–Kier alpha value is -4.08. The van der Waals surface area contributed by atoms with Crippen molar-refractivity contribution in [2.75, 3.05) is 18.9 Å². The van der Waals surface area contributed by atoms with Crippen LogP contribution >= 0.6 is 11.3 Å². The molecule has 2 heterocycles. The van der Waals surface area contributed by atoms with Crippen molar-refractivity contribution < 1.29 is 18.0 Å². The zero-order valence-electron chi connectivity index (χ0n) is 21.6. The predicted molar refractivity (Wildman–Crippen MR) is 145 cm³/mol. The Morgan fingerprint density at radius 2 is 2.05 bits per heavy atom. The molecule has 0 saturated heterocycles. The van der Waals surface area contributed by atoms with E-state index in [4.69, 9.17) is 5.26 Å². The molecule has 1 aliphatic rings. The number of nitrogens with one attached hydrogen (secondary N) is 1. The van der Waals surface area contributed by atoms with Gasteiger partial charge in [0, 0.05) is 28.6 Å². The van der Waals surface area contributed by atoms with Crippen LogP contribution in [0, 0.1) is 11.3 Å². The van der Waals surface area contributed by atoms with Crippen molar-refractivity contribution in [3.8, 4) is 17.3 Å². The molecule has 1 N–H and O–H groups in total. The van der Waals surface area contributed by atoms with Gasteiger partial charge in [0.05, 0.1) is 36.5 Å². The molecule has 0 spiro atoms. The second-order valence-electron chi connectivity index (χ2n) is 9.78. The lowest BCUT2D eigenvalue weighted by atomic mass is 9.96. The number of rotatable bonds is 8.